The molecule has 180 valence electrons. The van der Waals surface area contributed by atoms with E-state index < -0.39 is 0 Å². The monoisotopic (exact) mass is 500 g/mol. The van der Waals surface area contributed by atoms with Gasteiger partial charge in [-0.15, -0.1) is 0 Å². The average Bonchev–Trinajstić information content (AvgIpc) is 3.20. The van der Waals surface area contributed by atoms with E-state index >= 15 is 0 Å². The maximum Gasteiger partial charge on any atom is 0.262 e. The number of nitrogens with two attached hydrogens (primary N) is 1. The van der Waals surface area contributed by atoms with Crippen molar-refractivity contribution in [2.75, 3.05) is 31.7 Å². The second-order valence-electron chi connectivity index (χ2n) is 9.17. The summed E-state index contributed by atoms with van der Waals surface area (Å²) in [5.41, 5.74) is 7.13. The largest absolute Gasteiger partial charge is 0.383 e. The fourth-order valence-electron chi connectivity index (χ4n) is 5.22. The summed E-state index contributed by atoms with van der Waals surface area (Å²) in [5.74, 6) is 0.889. The Balaban J connectivity index is 1.31. The molecule has 1 atom stereocenters. The van der Waals surface area contributed by atoms with Gasteiger partial charge in [-0.05, 0) is 43.2 Å². The Morgan fingerprint density at radius 2 is 2.03 bits per heavy atom. The number of hydrogen-bond donors (Lipinski definition) is 1. The van der Waals surface area contributed by atoms with Gasteiger partial charge in [0, 0.05) is 31.1 Å². The Morgan fingerprint density at radius 1 is 1.21 bits per heavy atom. The lowest BCUT2D eigenvalue weighted by Crippen LogP contribution is -2.47. The minimum Gasteiger partial charge on any atom is -0.383 e. The molecule has 2 aliphatic rings. The maximum atomic E-state index is 12.9. The third kappa shape index (κ3) is 4.42. The first-order valence-corrected chi connectivity index (χ1v) is 12.9. The quantitative estimate of drug-likeness (QED) is 0.546. The standard InChI is InChI=1S/C24H29ClN6O2S/c1-33-12-11-31-15-29-16-4-5-17(22(25)21(16)23(31)32)34-20-14-27-19(13-28-20)30-9-7-24(8-10-30)6-2-3-18(24)26/h4-5,13-15,18H,2-3,6-12,26H2,1H3. The molecule has 1 saturated heterocycles. The maximum absolute atomic E-state index is 12.9. The molecule has 3 aromatic rings. The van der Waals surface area contributed by atoms with Crippen LogP contribution < -0.4 is 16.2 Å². The Hall–Kier alpha value is -2.20. The Bertz CT molecular complexity index is 1230. The number of aromatic nitrogens is 4. The van der Waals surface area contributed by atoms with E-state index in [1.807, 2.05) is 18.3 Å². The lowest BCUT2D eigenvalue weighted by molar-refractivity contribution is 0.186. The van der Waals surface area contributed by atoms with Crippen LogP contribution in [0.25, 0.3) is 10.9 Å². The van der Waals surface area contributed by atoms with Crippen LogP contribution in [0.1, 0.15) is 32.1 Å². The van der Waals surface area contributed by atoms with E-state index in [1.54, 1.807) is 13.3 Å². The fourth-order valence-corrected chi connectivity index (χ4v) is 6.34. The highest BCUT2D eigenvalue weighted by atomic mass is 35.5. The summed E-state index contributed by atoms with van der Waals surface area (Å²) >= 11 is 8.05. The van der Waals surface area contributed by atoms with Crippen LogP contribution in [0, 0.1) is 5.41 Å². The van der Waals surface area contributed by atoms with Gasteiger partial charge >= 0.3 is 0 Å². The van der Waals surface area contributed by atoms with Crippen LogP contribution in [-0.2, 0) is 11.3 Å². The molecule has 0 bridgehead atoms. The van der Waals surface area contributed by atoms with Crippen LogP contribution in [-0.4, -0.2) is 52.4 Å². The number of nitrogens with zero attached hydrogens (tertiary/aromatic N) is 5. The van der Waals surface area contributed by atoms with Crippen molar-refractivity contribution in [3.63, 3.8) is 0 Å². The van der Waals surface area contributed by atoms with Gasteiger partial charge in [0.05, 0.1) is 47.8 Å². The molecule has 2 N–H and O–H groups in total. The molecule has 0 radical (unpaired) electrons. The molecule has 8 nitrogen and oxygen atoms in total. The molecule has 1 aromatic carbocycles. The van der Waals surface area contributed by atoms with Crippen LogP contribution >= 0.6 is 23.4 Å². The summed E-state index contributed by atoms with van der Waals surface area (Å²) < 4.78 is 6.60. The van der Waals surface area contributed by atoms with Gasteiger partial charge in [-0.1, -0.05) is 29.8 Å². The van der Waals surface area contributed by atoms with Gasteiger partial charge in [0.1, 0.15) is 10.8 Å². The SMILES string of the molecule is COCCn1cnc2ccc(Sc3cnc(N4CCC5(CCCC5N)CC4)cn3)c(Cl)c2c1=O. The van der Waals surface area contributed by atoms with Crippen LogP contribution in [0.4, 0.5) is 5.82 Å². The first kappa shape index (κ1) is 23.5. The zero-order chi connectivity index (χ0) is 23.7. The summed E-state index contributed by atoms with van der Waals surface area (Å²) in [4.78, 5) is 29.6. The number of hydrogen-bond acceptors (Lipinski definition) is 8. The highest BCUT2D eigenvalue weighted by molar-refractivity contribution is 7.99. The summed E-state index contributed by atoms with van der Waals surface area (Å²) in [7, 11) is 1.60. The summed E-state index contributed by atoms with van der Waals surface area (Å²) in [6, 6.07) is 4.02. The van der Waals surface area contributed by atoms with Gasteiger partial charge < -0.3 is 15.4 Å². The van der Waals surface area contributed by atoms with Gasteiger partial charge in [-0.25, -0.2) is 15.0 Å². The van der Waals surface area contributed by atoms with E-state index in [0.717, 1.165) is 48.1 Å². The number of rotatable bonds is 6. The molecule has 3 heterocycles. The van der Waals surface area contributed by atoms with Crippen molar-refractivity contribution >= 4 is 40.1 Å². The van der Waals surface area contributed by atoms with Gasteiger partial charge in [0.2, 0.25) is 0 Å². The van der Waals surface area contributed by atoms with Crippen molar-refractivity contribution in [2.45, 2.75) is 54.6 Å². The lowest BCUT2D eigenvalue weighted by atomic mass is 9.74. The van der Waals surface area contributed by atoms with E-state index in [9.17, 15) is 4.79 Å². The van der Waals surface area contributed by atoms with Crippen molar-refractivity contribution in [1.82, 2.24) is 19.5 Å². The Kier molecular flexibility index (Phi) is 6.79. The smallest absolute Gasteiger partial charge is 0.262 e. The molecule has 1 saturated carbocycles. The lowest BCUT2D eigenvalue weighted by Gasteiger charge is -2.42. The topological polar surface area (TPSA) is 99.2 Å². The van der Waals surface area contributed by atoms with Gasteiger partial charge in [0.15, 0.2) is 0 Å². The van der Waals surface area contributed by atoms with Crippen LogP contribution in [0.3, 0.4) is 0 Å². The van der Waals surface area contributed by atoms with Crippen molar-refractivity contribution in [3.05, 3.63) is 46.2 Å². The minimum absolute atomic E-state index is 0.180. The van der Waals surface area contributed by atoms with Crippen molar-refractivity contribution in [2.24, 2.45) is 11.1 Å². The molecule has 2 aromatic heterocycles. The molecule has 1 unspecified atom stereocenters. The molecule has 5 rings (SSSR count). The van der Waals surface area contributed by atoms with E-state index in [2.05, 4.69) is 19.9 Å². The second-order valence-corrected chi connectivity index (χ2v) is 10.6. The summed E-state index contributed by atoms with van der Waals surface area (Å²) in [6.45, 7) is 2.77. The first-order chi connectivity index (χ1) is 16.5. The molecule has 2 fully saturated rings. The molecule has 10 heteroatoms. The van der Waals surface area contributed by atoms with E-state index in [-0.39, 0.29) is 5.56 Å². The fraction of sp³-hybridized carbons (Fsp3) is 0.500. The highest BCUT2D eigenvalue weighted by Gasteiger charge is 2.43. The average molecular weight is 501 g/mol. The summed E-state index contributed by atoms with van der Waals surface area (Å²) in [5, 5.41) is 1.51. The molecule has 1 spiro atoms. The molecule has 1 aliphatic heterocycles. The Labute approximate surface area is 207 Å². The predicted octanol–water partition coefficient (Wildman–Crippen LogP) is 3.74. The van der Waals surface area contributed by atoms with E-state index in [4.69, 9.17) is 22.1 Å². The Morgan fingerprint density at radius 3 is 2.71 bits per heavy atom. The highest BCUT2D eigenvalue weighted by Crippen LogP contribution is 2.46. The van der Waals surface area contributed by atoms with Gasteiger partial charge in [0.25, 0.3) is 5.56 Å². The number of methoxy groups -OCH3 is 1. The molecular weight excluding hydrogens is 472 g/mol. The number of fused-ring (bicyclic) bond motifs is 1. The number of piperidine rings is 1. The molecular formula is C24H29ClN6O2S. The van der Waals surface area contributed by atoms with Crippen molar-refractivity contribution < 1.29 is 4.74 Å². The second kappa shape index (κ2) is 9.81. The zero-order valence-corrected chi connectivity index (χ0v) is 20.8. The predicted molar refractivity (Wildman–Crippen MR) is 135 cm³/mol. The van der Waals surface area contributed by atoms with Crippen molar-refractivity contribution in [1.29, 1.82) is 0 Å². The van der Waals surface area contributed by atoms with Crippen molar-refractivity contribution in [3.8, 4) is 0 Å². The minimum atomic E-state index is -0.180. The number of anilines is 1. The number of halogens is 1. The summed E-state index contributed by atoms with van der Waals surface area (Å²) in [6.07, 6.45) is 11.0. The third-order valence-corrected chi connectivity index (χ3v) is 8.81. The third-order valence-electron chi connectivity index (χ3n) is 7.32. The molecule has 34 heavy (non-hydrogen) atoms. The van der Waals surface area contributed by atoms with Crippen LogP contribution in [0.2, 0.25) is 5.02 Å². The number of ether oxygens (including phenoxy) is 1. The zero-order valence-electron chi connectivity index (χ0n) is 19.2. The van der Waals surface area contributed by atoms with E-state index in [0.29, 0.717) is 40.5 Å². The van der Waals surface area contributed by atoms with Crippen LogP contribution in [0.15, 0.2) is 45.6 Å². The van der Waals surface area contributed by atoms with Crippen LogP contribution in [0.5, 0.6) is 0 Å². The molecule has 0 amide bonds. The first-order valence-electron chi connectivity index (χ1n) is 11.7. The molecule has 1 aliphatic carbocycles. The van der Waals surface area contributed by atoms with Gasteiger partial charge in [-0.3, -0.25) is 9.36 Å². The van der Waals surface area contributed by atoms with Gasteiger partial charge in [-0.2, -0.15) is 0 Å². The van der Waals surface area contributed by atoms with E-state index in [1.165, 1.54) is 35.5 Å². The number of benzene rings is 1. The normalized spacial score (nSPS) is 19.9.